The molecule has 2 saturated carbocycles. The van der Waals surface area contributed by atoms with Gasteiger partial charge in [0, 0.05) is 161 Å². The number of alkyl halides is 6. The van der Waals surface area contributed by atoms with Crippen molar-refractivity contribution in [2.24, 2.45) is 28.7 Å². The summed E-state index contributed by atoms with van der Waals surface area (Å²) in [5.74, 6) is -1.19. The minimum Gasteiger partial charge on any atom is -0.369 e. The highest BCUT2D eigenvalue weighted by Crippen LogP contribution is 2.43. The average Bonchev–Trinajstić information content (AvgIpc) is 0.922. The molecule has 0 aromatic heterocycles. The van der Waals surface area contributed by atoms with E-state index >= 15 is 0 Å². The molecular weight excluding hydrogens is 1160 g/mol. The van der Waals surface area contributed by atoms with Crippen molar-refractivity contribution in [1.29, 1.82) is 0 Å². The molecule has 506 valence electrons. The van der Waals surface area contributed by atoms with Gasteiger partial charge in [-0.25, -0.2) is 8.78 Å². The fourth-order valence-corrected chi connectivity index (χ4v) is 15.0. The van der Waals surface area contributed by atoms with Gasteiger partial charge in [0.1, 0.15) is 17.2 Å². The summed E-state index contributed by atoms with van der Waals surface area (Å²) in [6.45, 7) is 28.3. The van der Waals surface area contributed by atoms with E-state index < -0.39 is 35.1 Å². The average molecular weight is 1270 g/mol. The van der Waals surface area contributed by atoms with Crippen LogP contribution in [-0.2, 0) is 25.2 Å². The highest BCUT2D eigenvalue weighted by atomic mass is 19.4. The number of hydrogen-bond donors (Lipinski definition) is 6. The lowest BCUT2D eigenvalue weighted by molar-refractivity contribution is -0.142. The third kappa shape index (κ3) is 20.2. The fraction of sp³-hybridized carbons (Fsp3) is 0.704. The van der Waals surface area contributed by atoms with E-state index in [-0.39, 0.29) is 60.2 Å². The summed E-state index contributed by atoms with van der Waals surface area (Å²) in [5, 5.41) is 23.8. The molecule has 5 unspecified atom stereocenters. The van der Waals surface area contributed by atoms with Crippen LogP contribution in [-0.4, -0.2) is 139 Å². The highest BCUT2D eigenvalue weighted by Gasteiger charge is 2.51. The Morgan fingerprint density at radius 2 is 1.44 bits per heavy atom. The molecule has 3 aliphatic heterocycles. The largest absolute Gasteiger partial charge is 0.422 e. The van der Waals surface area contributed by atoms with Crippen molar-refractivity contribution in [1.82, 2.24) is 51.5 Å². The summed E-state index contributed by atoms with van der Waals surface area (Å²) in [7, 11) is 3.81. The summed E-state index contributed by atoms with van der Waals surface area (Å²) in [6, 6.07) is 9.38. The van der Waals surface area contributed by atoms with E-state index in [0.717, 1.165) is 94.7 Å². The Morgan fingerprint density at radius 3 is 2.09 bits per heavy atom. The third-order valence-electron chi connectivity index (χ3n) is 20.8. The van der Waals surface area contributed by atoms with Crippen molar-refractivity contribution in [2.45, 2.75) is 244 Å². The van der Waals surface area contributed by atoms with Crippen LogP contribution >= 0.6 is 0 Å². The summed E-state index contributed by atoms with van der Waals surface area (Å²) in [6.07, 6.45) is 16.8. The molecule has 0 radical (unpaired) electrons. The van der Waals surface area contributed by atoms with Crippen LogP contribution in [0.5, 0.6) is 0 Å². The van der Waals surface area contributed by atoms with Gasteiger partial charge in [-0.3, -0.25) is 9.89 Å². The number of likely N-dealkylation sites (N-methyl/N-ethyl adjacent to an activating group) is 1. The Morgan fingerprint density at radius 1 is 0.756 bits per heavy atom. The molecule has 2 saturated heterocycles. The van der Waals surface area contributed by atoms with Gasteiger partial charge in [0.05, 0.1) is 12.1 Å². The fourth-order valence-electron chi connectivity index (χ4n) is 15.0. The van der Waals surface area contributed by atoms with Gasteiger partial charge in [0.25, 0.3) is 0 Å². The number of halogens is 8. The van der Waals surface area contributed by atoms with Gasteiger partial charge in [0.15, 0.2) is 0 Å². The second kappa shape index (κ2) is 33.5. The lowest BCUT2D eigenvalue weighted by Gasteiger charge is -2.60. The van der Waals surface area contributed by atoms with Crippen LogP contribution in [0.25, 0.3) is 0 Å². The van der Waals surface area contributed by atoms with E-state index in [1.165, 1.54) is 62.8 Å². The molecule has 2 aliphatic carbocycles. The van der Waals surface area contributed by atoms with Crippen LogP contribution in [0.4, 0.5) is 35.1 Å². The normalized spacial score (nSPS) is 29.0. The number of aliphatic imine (C=N–C) groups is 1. The maximum atomic E-state index is 14.8. The van der Waals surface area contributed by atoms with Crippen LogP contribution in [0.2, 0.25) is 0 Å². The number of hydrogen-bond acceptors (Lipinski definition) is 11. The number of nitrogens with zero attached hydrogens (tertiary/aromatic N) is 5. The van der Waals surface area contributed by atoms with E-state index in [1.54, 1.807) is 24.7 Å². The molecule has 19 heteroatoms. The summed E-state index contributed by atoms with van der Waals surface area (Å²) in [5.41, 5.74) is 0.664. The van der Waals surface area contributed by atoms with Crippen molar-refractivity contribution < 1.29 is 35.1 Å². The topological polar surface area (TPSA) is 97.5 Å². The van der Waals surface area contributed by atoms with Crippen molar-refractivity contribution >= 4 is 6.21 Å². The quantitative estimate of drug-likeness (QED) is 0.129. The zero-order chi connectivity index (χ0) is 65.5. The molecule has 0 amide bonds. The SMILES string of the molecule is CC[C@H](C)[C@H]1CN[C@@H](CC(C)C)C(C)NCC2[C@H](C)C(C)N2[C@@H](C2CCCCC2)C(C)NC2(CCCC2)CNCCN=CC=C(CCc2cc(F)c(C(F)(F)F)c(F)c2)NC=CN(C)C=C(Cc2ccc(C(F)(F)F)cc2)N(C)C=C2CCCN2[C@@H](C)C(C)N1. The Hall–Kier alpha value is -4.53. The Labute approximate surface area is 535 Å². The van der Waals surface area contributed by atoms with Crippen LogP contribution < -0.4 is 31.9 Å². The summed E-state index contributed by atoms with van der Waals surface area (Å²) < 4.78 is 111. The molecule has 0 bridgehead atoms. The van der Waals surface area contributed by atoms with E-state index in [9.17, 15) is 35.1 Å². The number of benzene rings is 2. The molecule has 7 rings (SSSR count). The standard InChI is InChI=1S/C71H111F8N11/c1-13-48(4)65-42-84-64(38-47(2)3)51(7)83-43-66-49(5)53(9)90(66)68(57-20-15-14-16-21-57)52(8)86-69(30-17-18-31-69)46-81-34-33-80-32-29-59(28-25-56-40-62(72)67(63(73)41-56)71(77,78)79)82-35-37-87(11)44-61(39-55-23-26-58(27-24-55)70(74,75)76)88(12)45-60-22-19-36-89(60)54(10)50(6)85-65/h23-24,26-27,29,32,35,37,40-41,44-45,47-54,57,64-66,68,81-86H,13-22,25,28,30-31,33-34,36,38-39,42-43,46H2,1-12H3/t48-,49+,50?,51?,52?,53?,54-,64-,65+,66?,68+/m0/s1. The monoisotopic (exact) mass is 1270 g/mol. The van der Waals surface area contributed by atoms with Crippen LogP contribution in [0.1, 0.15) is 181 Å². The van der Waals surface area contributed by atoms with Crippen molar-refractivity contribution in [3.8, 4) is 0 Å². The van der Waals surface area contributed by atoms with E-state index in [2.05, 4.69) is 122 Å². The first kappa shape index (κ1) is 72.9. The zero-order valence-electron chi connectivity index (χ0n) is 56.2. The van der Waals surface area contributed by atoms with Gasteiger partial charge in [-0.2, -0.15) is 26.3 Å². The van der Waals surface area contributed by atoms with Gasteiger partial charge in [-0.15, -0.1) is 0 Å². The Kier molecular flexibility index (Phi) is 27.2. The Balaban J connectivity index is 1.20. The first-order valence-electron chi connectivity index (χ1n) is 34.1. The van der Waals surface area contributed by atoms with Gasteiger partial charge in [0.2, 0.25) is 0 Å². The molecule has 11 atom stereocenters. The molecule has 5 aliphatic rings. The molecule has 2 aromatic carbocycles. The lowest BCUT2D eigenvalue weighted by atomic mass is 9.73. The molecule has 4 fully saturated rings. The predicted octanol–water partition coefficient (Wildman–Crippen LogP) is 14.2. The number of aryl methyl sites for hydroxylation is 1. The summed E-state index contributed by atoms with van der Waals surface area (Å²) >= 11 is 0. The van der Waals surface area contributed by atoms with E-state index in [1.807, 2.05) is 25.2 Å². The highest BCUT2D eigenvalue weighted by molar-refractivity contribution is 5.72. The summed E-state index contributed by atoms with van der Waals surface area (Å²) in [4.78, 5) is 14.0. The van der Waals surface area contributed by atoms with Crippen molar-refractivity contribution in [2.75, 3.05) is 53.4 Å². The minimum atomic E-state index is -5.18. The lowest BCUT2D eigenvalue weighted by Crippen LogP contribution is -2.73. The van der Waals surface area contributed by atoms with Crippen molar-refractivity contribution in [3.63, 3.8) is 0 Å². The minimum absolute atomic E-state index is 0.0288. The van der Waals surface area contributed by atoms with E-state index in [4.69, 9.17) is 4.99 Å². The zero-order valence-corrected chi connectivity index (χ0v) is 56.2. The van der Waals surface area contributed by atoms with Crippen molar-refractivity contribution in [3.05, 3.63) is 118 Å². The van der Waals surface area contributed by atoms with Crippen LogP contribution in [0.3, 0.4) is 0 Å². The second-order valence-corrected chi connectivity index (χ2v) is 28.0. The van der Waals surface area contributed by atoms with Gasteiger partial charge in [-0.05, 0) is 158 Å². The molecule has 6 N–H and O–H groups in total. The molecule has 3 heterocycles. The van der Waals surface area contributed by atoms with E-state index in [0.29, 0.717) is 72.6 Å². The first-order valence-corrected chi connectivity index (χ1v) is 34.1. The van der Waals surface area contributed by atoms with Gasteiger partial charge >= 0.3 is 12.4 Å². The van der Waals surface area contributed by atoms with Crippen LogP contribution in [0, 0.1) is 35.3 Å². The second-order valence-electron chi connectivity index (χ2n) is 28.0. The molecule has 90 heavy (non-hydrogen) atoms. The maximum Gasteiger partial charge on any atom is 0.422 e. The molecule has 11 nitrogen and oxygen atoms in total. The third-order valence-corrected chi connectivity index (χ3v) is 20.8. The molecule has 2 aromatic rings. The maximum absolute atomic E-state index is 14.8. The molecule has 1 spiro atoms. The number of nitrogens with one attached hydrogen (secondary N) is 6. The van der Waals surface area contributed by atoms with Gasteiger partial charge < -0.3 is 46.6 Å². The predicted molar refractivity (Wildman–Crippen MR) is 351 cm³/mol. The number of fused-ring (bicyclic) bond motifs is 2. The number of rotatable bonds is 10. The first-order chi connectivity index (χ1) is 42.7. The Bertz CT molecular complexity index is 2650. The molecular formula is C71H111F8N11. The van der Waals surface area contributed by atoms with Crippen LogP contribution in [0.15, 0.2) is 89.4 Å². The smallest absolute Gasteiger partial charge is 0.369 e. The van der Waals surface area contributed by atoms with Gasteiger partial charge in [-0.1, -0.05) is 85.3 Å². The number of allylic oxidation sites excluding steroid dienone is 4.